The van der Waals surface area contributed by atoms with Crippen molar-refractivity contribution in [2.24, 2.45) is 0 Å². The van der Waals surface area contributed by atoms with Gasteiger partial charge in [-0.2, -0.15) is 8.78 Å². The topological polar surface area (TPSA) is 30.2 Å². The van der Waals surface area contributed by atoms with Gasteiger partial charge in [0.05, 0.1) is 0 Å². The Bertz CT molecular complexity index is 698. The number of alkyl halides is 4. The summed E-state index contributed by atoms with van der Waals surface area (Å²) in [6.07, 6.45) is -1.12. The van der Waals surface area contributed by atoms with Crippen LogP contribution in [0.15, 0.2) is 33.5 Å². The smallest absolute Gasteiger partial charge is 0.336 e. The van der Waals surface area contributed by atoms with Crippen molar-refractivity contribution in [1.82, 2.24) is 0 Å². The minimum atomic E-state index is -4.16. The highest BCUT2D eigenvalue weighted by atomic mass is 19.3. The summed E-state index contributed by atoms with van der Waals surface area (Å²) in [6, 6.07) is 5.28. The number of rotatable bonds is 3. The molecule has 2 nitrogen and oxygen atoms in total. The quantitative estimate of drug-likeness (QED) is 0.632. The van der Waals surface area contributed by atoms with Crippen LogP contribution in [0.25, 0.3) is 11.0 Å². The van der Waals surface area contributed by atoms with Crippen LogP contribution < -0.4 is 5.63 Å². The van der Waals surface area contributed by atoms with E-state index in [0.717, 1.165) is 0 Å². The summed E-state index contributed by atoms with van der Waals surface area (Å²) < 4.78 is 57.2. The SMILES string of the molecule is Cc1cc(=O)oc2cc(CC(F)(F)C(C)(F)F)ccc12. The zero-order valence-electron chi connectivity index (χ0n) is 10.8. The van der Waals surface area contributed by atoms with Gasteiger partial charge in [0.15, 0.2) is 0 Å². The van der Waals surface area contributed by atoms with Crippen molar-refractivity contribution in [2.45, 2.75) is 32.1 Å². The second-order valence-electron chi connectivity index (χ2n) is 4.85. The summed E-state index contributed by atoms with van der Waals surface area (Å²) >= 11 is 0. The van der Waals surface area contributed by atoms with Gasteiger partial charge in [-0.25, -0.2) is 13.6 Å². The molecule has 1 heterocycles. The van der Waals surface area contributed by atoms with Crippen LogP contribution in [0.1, 0.15) is 18.1 Å². The van der Waals surface area contributed by atoms with E-state index < -0.39 is 23.9 Å². The van der Waals surface area contributed by atoms with Crippen LogP contribution in [-0.2, 0) is 6.42 Å². The molecule has 0 amide bonds. The third kappa shape index (κ3) is 2.69. The summed E-state index contributed by atoms with van der Waals surface area (Å²) in [5, 5.41) is 0.583. The van der Waals surface area contributed by atoms with Crippen LogP contribution in [0, 0.1) is 6.92 Å². The molecular weight excluding hydrogens is 276 g/mol. The monoisotopic (exact) mass is 288 g/mol. The van der Waals surface area contributed by atoms with Crippen LogP contribution in [-0.4, -0.2) is 11.8 Å². The number of hydrogen-bond donors (Lipinski definition) is 0. The van der Waals surface area contributed by atoms with E-state index >= 15 is 0 Å². The van der Waals surface area contributed by atoms with E-state index in [1.54, 1.807) is 6.92 Å². The Labute approximate surface area is 112 Å². The predicted octanol–water partition coefficient (Wildman–Crippen LogP) is 3.93. The molecule has 0 N–H and O–H groups in total. The average molecular weight is 288 g/mol. The number of hydrogen-bond acceptors (Lipinski definition) is 2. The molecule has 0 unspecified atom stereocenters. The zero-order chi connectivity index (χ0) is 15.1. The van der Waals surface area contributed by atoms with Gasteiger partial charge < -0.3 is 4.42 Å². The highest BCUT2D eigenvalue weighted by Crippen LogP contribution is 2.36. The average Bonchev–Trinajstić information content (AvgIpc) is 2.25. The molecule has 20 heavy (non-hydrogen) atoms. The molecule has 0 saturated heterocycles. The molecule has 0 aliphatic heterocycles. The molecule has 2 aromatic rings. The van der Waals surface area contributed by atoms with E-state index in [0.29, 0.717) is 10.9 Å². The van der Waals surface area contributed by atoms with Crippen molar-refractivity contribution in [3.05, 3.63) is 45.8 Å². The van der Waals surface area contributed by atoms with Gasteiger partial charge in [-0.3, -0.25) is 0 Å². The molecule has 0 saturated carbocycles. The van der Waals surface area contributed by atoms with Crippen molar-refractivity contribution in [2.75, 3.05) is 0 Å². The first-order valence-corrected chi connectivity index (χ1v) is 5.89. The van der Waals surface area contributed by atoms with E-state index in [1.807, 2.05) is 0 Å². The molecule has 0 spiro atoms. The minimum Gasteiger partial charge on any atom is -0.423 e. The maximum absolute atomic E-state index is 13.3. The zero-order valence-corrected chi connectivity index (χ0v) is 10.8. The summed E-state index contributed by atoms with van der Waals surface area (Å²) in [7, 11) is 0. The standard InChI is InChI=1S/C14H12F4O2/c1-8-5-12(19)20-11-6-9(3-4-10(8)11)7-14(17,18)13(2,15)16/h3-6H,7H2,1-2H3. The Balaban J connectivity index is 2.45. The molecule has 0 fully saturated rings. The van der Waals surface area contributed by atoms with Crippen molar-refractivity contribution in [3.63, 3.8) is 0 Å². The van der Waals surface area contributed by atoms with Crippen molar-refractivity contribution >= 4 is 11.0 Å². The van der Waals surface area contributed by atoms with Crippen LogP contribution >= 0.6 is 0 Å². The lowest BCUT2D eigenvalue weighted by molar-refractivity contribution is -0.196. The molecule has 1 aromatic heterocycles. The van der Waals surface area contributed by atoms with Gasteiger partial charge in [-0.05, 0) is 24.1 Å². The van der Waals surface area contributed by atoms with E-state index in [9.17, 15) is 22.4 Å². The molecule has 0 bridgehead atoms. The third-order valence-corrected chi connectivity index (χ3v) is 3.08. The van der Waals surface area contributed by atoms with E-state index in [-0.39, 0.29) is 18.1 Å². The van der Waals surface area contributed by atoms with Crippen LogP contribution in [0.4, 0.5) is 17.6 Å². The van der Waals surface area contributed by atoms with Gasteiger partial charge in [0.25, 0.3) is 0 Å². The van der Waals surface area contributed by atoms with Crippen LogP contribution in [0.5, 0.6) is 0 Å². The van der Waals surface area contributed by atoms with E-state index in [2.05, 4.69) is 0 Å². The van der Waals surface area contributed by atoms with Crippen LogP contribution in [0.3, 0.4) is 0 Å². The third-order valence-electron chi connectivity index (χ3n) is 3.08. The molecule has 6 heteroatoms. The Morgan fingerprint density at radius 3 is 2.40 bits per heavy atom. The Morgan fingerprint density at radius 2 is 1.80 bits per heavy atom. The fourth-order valence-electron chi connectivity index (χ4n) is 1.89. The van der Waals surface area contributed by atoms with Crippen molar-refractivity contribution in [3.8, 4) is 0 Å². The Kier molecular flexibility index (Phi) is 3.36. The summed E-state index contributed by atoms with van der Waals surface area (Å²) in [5.41, 5.74) is 0.121. The molecular formula is C14H12F4O2. The number of benzene rings is 1. The largest absolute Gasteiger partial charge is 0.423 e. The van der Waals surface area contributed by atoms with Gasteiger partial charge in [0.1, 0.15) is 5.58 Å². The number of aryl methyl sites for hydroxylation is 1. The molecule has 1 aromatic carbocycles. The molecule has 2 rings (SSSR count). The van der Waals surface area contributed by atoms with Crippen molar-refractivity contribution in [1.29, 1.82) is 0 Å². The lowest BCUT2D eigenvalue weighted by Crippen LogP contribution is -2.39. The molecule has 108 valence electrons. The van der Waals surface area contributed by atoms with Gasteiger partial charge in [-0.15, -0.1) is 0 Å². The Hall–Kier alpha value is -1.85. The van der Waals surface area contributed by atoms with Gasteiger partial charge in [0.2, 0.25) is 0 Å². The van der Waals surface area contributed by atoms with E-state index in [4.69, 9.17) is 4.42 Å². The maximum Gasteiger partial charge on any atom is 0.336 e. The molecule has 0 aliphatic carbocycles. The highest BCUT2D eigenvalue weighted by molar-refractivity contribution is 5.80. The van der Waals surface area contributed by atoms with Gasteiger partial charge in [0, 0.05) is 24.8 Å². The first-order valence-electron chi connectivity index (χ1n) is 5.89. The summed E-state index contributed by atoms with van der Waals surface area (Å²) in [4.78, 5) is 11.2. The minimum absolute atomic E-state index is 0.0159. The molecule has 0 aliphatic rings. The molecule has 0 atom stereocenters. The summed E-state index contributed by atoms with van der Waals surface area (Å²) in [6.45, 7) is 1.85. The van der Waals surface area contributed by atoms with Crippen molar-refractivity contribution < 1.29 is 22.0 Å². The first-order chi connectivity index (χ1) is 9.10. The first kappa shape index (κ1) is 14.6. The fraction of sp³-hybridized carbons (Fsp3) is 0.357. The van der Waals surface area contributed by atoms with Crippen LogP contribution in [0.2, 0.25) is 0 Å². The number of halogens is 4. The lowest BCUT2D eigenvalue weighted by Gasteiger charge is -2.23. The fourth-order valence-corrected chi connectivity index (χ4v) is 1.89. The lowest BCUT2D eigenvalue weighted by atomic mass is 10.0. The highest BCUT2D eigenvalue weighted by Gasteiger charge is 2.51. The second-order valence-corrected chi connectivity index (χ2v) is 4.85. The normalized spacial score (nSPS) is 12.9. The molecule has 0 radical (unpaired) electrons. The predicted molar refractivity (Wildman–Crippen MR) is 66.5 cm³/mol. The number of fused-ring (bicyclic) bond motifs is 1. The Morgan fingerprint density at radius 1 is 1.15 bits per heavy atom. The van der Waals surface area contributed by atoms with Gasteiger partial charge >= 0.3 is 17.5 Å². The summed E-state index contributed by atoms with van der Waals surface area (Å²) in [5.74, 6) is -8.28. The van der Waals surface area contributed by atoms with Gasteiger partial charge in [-0.1, -0.05) is 12.1 Å². The van der Waals surface area contributed by atoms with E-state index in [1.165, 1.54) is 24.3 Å². The second kappa shape index (κ2) is 4.61. The maximum atomic E-state index is 13.3.